The minimum atomic E-state index is 0.246. The zero-order chi connectivity index (χ0) is 34.0. The van der Waals surface area contributed by atoms with Crippen LogP contribution in [0.25, 0.3) is 82.9 Å². The van der Waals surface area contributed by atoms with Crippen LogP contribution < -0.4 is 0 Å². The van der Waals surface area contributed by atoms with Crippen molar-refractivity contribution in [2.75, 3.05) is 0 Å². The van der Waals surface area contributed by atoms with E-state index in [9.17, 15) is 0 Å². The van der Waals surface area contributed by atoms with Gasteiger partial charge in [-0.25, -0.2) is 4.98 Å². The quantitative estimate of drug-likeness (QED) is 0.187. The van der Waals surface area contributed by atoms with Crippen molar-refractivity contribution in [3.8, 4) is 39.3 Å². The number of nitrogens with zero attached hydrogens (tertiary/aromatic N) is 3. The standard InChI is InChI=1S/C46H37N3O/c1-29-24-39-35-12-9-11-34(33-19-20-37-36-10-5-6-13-42(36)49(43(37)26-33)44-14-7-8-22-48-44)38(35)27-40(45(39)50-29)41-25-32(21-23-47-41)31-17-15-30(16-18-31)28-46(2,3)4/h5-27H,28H2,1-4H3. The lowest BCUT2D eigenvalue weighted by Gasteiger charge is -2.18. The molecular weight excluding hydrogens is 611 g/mol. The van der Waals surface area contributed by atoms with Crippen LogP contribution >= 0.6 is 0 Å². The predicted molar refractivity (Wildman–Crippen MR) is 208 cm³/mol. The van der Waals surface area contributed by atoms with Crippen molar-refractivity contribution in [3.63, 3.8) is 0 Å². The third kappa shape index (κ3) is 5.16. The van der Waals surface area contributed by atoms with E-state index in [4.69, 9.17) is 14.4 Å². The van der Waals surface area contributed by atoms with E-state index in [1.54, 1.807) is 0 Å². The Bertz CT molecular complexity index is 2710. The molecule has 0 unspecified atom stereocenters. The maximum absolute atomic E-state index is 6.42. The van der Waals surface area contributed by atoms with Crippen molar-refractivity contribution in [3.05, 3.63) is 151 Å². The monoisotopic (exact) mass is 647 g/mol. The van der Waals surface area contributed by atoms with E-state index in [0.717, 1.165) is 78.7 Å². The topological polar surface area (TPSA) is 43.9 Å². The van der Waals surface area contributed by atoms with Gasteiger partial charge in [-0.15, -0.1) is 0 Å². The molecule has 0 aliphatic carbocycles. The molecule has 9 rings (SSSR count). The molecule has 5 aromatic carbocycles. The van der Waals surface area contributed by atoms with Crippen molar-refractivity contribution in [2.24, 2.45) is 5.41 Å². The van der Waals surface area contributed by atoms with Crippen LogP contribution in [0.15, 0.2) is 144 Å². The van der Waals surface area contributed by atoms with Gasteiger partial charge in [0.15, 0.2) is 0 Å². The Morgan fingerprint density at radius 1 is 0.560 bits per heavy atom. The summed E-state index contributed by atoms with van der Waals surface area (Å²) in [4.78, 5) is 9.66. The van der Waals surface area contributed by atoms with Crippen LogP contribution in [0.2, 0.25) is 0 Å². The van der Waals surface area contributed by atoms with Crippen molar-refractivity contribution in [1.82, 2.24) is 14.5 Å². The van der Waals surface area contributed by atoms with E-state index in [1.165, 1.54) is 21.9 Å². The van der Waals surface area contributed by atoms with Gasteiger partial charge in [0.05, 0.1) is 16.7 Å². The summed E-state index contributed by atoms with van der Waals surface area (Å²) in [6.07, 6.45) is 4.81. The first-order chi connectivity index (χ1) is 24.3. The summed E-state index contributed by atoms with van der Waals surface area (Å²) in [7, 11) is 0. The van der Waals surface area contributed by atoms with Gasteiger partial charge in [-0.2, -0.15) is 0 Å². The molecule has 0 aliphatic rings. The Morgan fingerprint density at radius 2 is 1.34 bits per heavy atom. The van der Waals surface area contributed by atoms with Gasteiger partial charge in [0.25, 0.3) is 0 Å². The Labute approximate surface area is 291 Å². The molecule has 9 aromatic rings. The lowest BCUT2D eigenvalue weighted by molar-refractivity contribution is 0.411. The van der Waals surface area contributed by atoms with Crippen LogP contribution in [0.1, 0.15) is 32.1 Å². The number of fused-ring (bicyclic) bond motifs is 6. The summed E-state index contributed by atoms with van der Waals surface area (Å²) in [5.41, 5.74) is 11.2. The number of furan rings is 1. The molecule has 0 spiro atoms. The largest absolute Gasteiger partial charge is 0.461 e. The molecule has 242 valence electrons. The van der Waals surface area contributed by atoms with Crippen LogP contribution in [0.4, 0.5) is 0 Å². The minimum absolute atomic E-state index is 0.246. The van der Waals surface area contributed by atoms with Gasteiger partial charge in [0, 0.05) is 34.1 Å². The molecule has 0 N–H and O–H groups in total. The molecule has 0 saturated heterocycles. The van der Waals surface area contributed by atoms with Crippen molar-refractivity contribution >= 4 is 43.5 Å². The van der Waals surface area contributed by atoms with E-state index < -0.39 is 0 Å². The summed E-state index contributed by atoms with van der Waals surface area (Å²) in [5, 5.41) is 5.84. The fraction of sp³-hybridized carbons (Fsp3) is 0.130. The number of hydrogen-bond donors (Lipinski definition) is 0. The van der Waals surface area contributed by atoms with Gasteiger partial charge in [-0.05, 0) is 106 Å². The number of para-hydroxylation sites is 1. The predicted octanol–water partition coefficient (Wildman–Crippen LogP) is 12.4. The van der Waals surface area contributed by atoms with Crippen molar-refractivity contribution in [1.29, 1.82) is 0 Å². The molecule has 4 heteroatoms. The van der Waals surface area contributed by atoms with Crippen molar-refractivity contribution < 1.29 is 4.42 Å². The molecule has 0 amide bonds. The minimum Gasteiger partial charge on any atom is -0.461 e. The highest BCUT2D eigenvalue weighted by Crippen LogP contribution is 2.42. The van der Waals surface area contributed by atoms with Crippen molar-refractivity contribution in [2.45, 2.75) is 34.1 Å². The molecule has 4 heterocycles. The first-order valence-electron chi connectivity index (χ1n) is 17.3. The zero-order valence-electron chi connectivity index (χ0n) is 28.7. The zero-order valence-corrected chi connectivity index (χ0v) is 28.7. The highest BCUT2D eigenvalue weighted by molar-refractivity contribution is 6.16. The average Bonchev–Trinajstić information content (AvgIpc) is 3.68. The van der Waals surface area contributed by atoms with Gasteiger partial charge in [-0.3, -0.25) is 9.55 Å². The summed E-state index contributed by atoms with van der Waals surface area (Å²) < 4.78 is 8.69. The third-order valence-electron chi connectivity index (χ3n) is 9.71. The van der Waals surface area contributed by atoms with E-state index in [0.29, 0.717) is 0 Å². The SMILES string of the molecule is Cc1cc2c(o1)c(-c1cc(-c3ccc(CC(C)(C)C)cc3)ccn1)cc1c(-c3ccc4c5ccccc5n(-c5ccccn5)c4c3)cccc12. The smallest absolute Gasteiger partial charge is 0.144 e. The number of aromatic nitrogens is 3. The molecule has 0 fully saturated rings. The van der Waals surface area contributed by atoms with E-state index >= 15 is 0 Å². The maximum atomic E-state index is 6.42. The van der Waals surface area contributed by atoms with Crippen LogP contribution in [-0.4, -0.2) is 14.5 Å². The van der Waals surface area contributed by atoms with Crippen LogP contribution in [0.5, 0.6) is 0 Å². The highest BCUT2D eigenvalue weighted by Gasteiger charge is 2.19. The molecule has 50 heavy (non-hydrogen) atoms. The first-order valence-corrected chi connectivity index (χ1v) is 17.3. The van der Waals surface area contributed by atoms with Gasteiger partial charge < -0.3 is 4.42 Å². The van der Waals surface area contributed by atoms with Crippen LogP contribution in [0, 0.1) is 12.3 Å². The fourth-order valence-electron chi connectivity index (χ4n) is 7.58. The first kappa shape index (κ1) is 30.1. The average molecular weight is 648 g/mol. The third-order valence-corrected chi connectivity index (χ3v) is 9.71. The second kappa shape index (κ2) is 11.6. The lowest BCUT2D eigenvalue weighted by Crippen LogP contribution is -2.08. The molecule has 0 radical (unpaired) electrons. The van der Waals surface area contributed by atoms with Gasteiger partial charge >= 0.3 is 0 Å². The Morgan fingerprint density at radius 3 is 2.16 bits per heavy atom. The number of rotatable bonds is 5. The Hall–Kier alpha value is -6.00. The molecule has 0 saturated carbocycles. The van der Waals surface area contributed by atoms with Crippen LogP contribution in [0.3, 0.4) is 0 Å². The molecular formula is C46H37N3O. The summed E-state index contributed by atoms with van der Waals surface area (Å²) in [6, 6.07) is 45.7. The van der Waals surface area contributed by atoms with Gasteiger partial charge in [0.2, 0.25) is 0 Å². The highest BCUT2D eigenvalue weighted by atomic mass is 16.3. The summed E-state index contributed by atoms with van der Waals surface area (Å²) in [5.74, 6) is 1.78. The number of benzene rings is 5. The van der Waals surface area contributed by atoms with E-state index in [2.05, 4.69) is 141 Å². The summed E-state index contributed by atoms with van der Waals surface area (Å²) in [6.45, 7) is 8.86. The van der Waals surface area contributed by atoms with E-state index in [1.807, 2.05) is 31.5 Å². The second-order valence-electron chi connectivity index (χ2n) is 14.6. The molecule has 0 bridgehead atoms. The summed E-state index contributed by atoms with van der Waals surface area (Å²) >= 11 is 0. The number of pyridine rings is 2. The van der Waals surface area contributed by atoms with Gasteiger partial charge in [0.1, 0.15) is 17.2 Å². The van der Waals surface area contributed by atoms with Crippen LogP contribution in [-0.2, 0) is 6.42 Å². The normalized spacial score (nSPS) is 12.1. The number of hydrogen-bond acceptors (Lipinski definition) is 3. The Balaban J connectivity index is 1.22. The maximum Gasteiger partial charge on any atom is 0.144 e. The second-order valence-corrected chi connectivity index (χ2v) is 14.6. The molecule has 4 aromatic heterocycles. The van der Waals surface area contributed by atoms with Gasteiger partial charge in [-0.1, -0.05) is 99.6 Å². The number of aryl methyl sites for hydroxylation is 1. The molecule has 4 nitrogen and oxygen atoms in total. The molecule has 0 atom stereocenters. The fourth-order valence-corrected chi connectivity index (χ4v) is 7.58. The van der Waals surface area contributed by atoms with E-state index in [-0.39, 0.29) is 5.41 Å². The lowest BCUT2D eigenvalue weighted by atomic mass is 9.87. The molecule has 0 aliphatic heterocycles. The Kier molecular flexibility index (Phi) is 6.96.